The lowest BCUT2D eigenvalue weighted by Crippen LogP contribution is -1.98. The summed E-state index contributed by atoms with van der Waals surface area (Å²) in [7, 11) is 0. The monoisotopic (exact) mass is 562 g/mol. The molecule has 0 saturated carbocycles. The molecule has 2 aromatic heterocycles. The molecular weight excluding hydrogens is 532 g/mol. The number of hydrogen-bond donors (Lipinski definition) is 0. The number of hydrogen-bond acceptors (Lipinski definition) is 0. The third-order valence-electron chi connectivity index (χ3n) is 9.15. The van der Waals surface area contributed by atoms with Crippen LogP contribution >= 0.6 is 0 Å². The minimum atomic E-state index is 1.06. The second-order valence-electron chi connectivity index (χ2n) is 11.7. The van der Waals surface area contributed by atoms with Gasteiger partial charge in [0.05, 0.1) is 22.1 Å². The maximum absolute atomic E-state index is 2.48. The molecule has 0 atom stereocenters. The molecule has 0 fully saturated rings. The Balaban J connectivity index is 1.39. The first-order chi connectivity index (χ1) is 21.8. The molecule has 2 heterocycles. The van der Waals surface area contributed by atoms with Gasteiger partial charge < -0.3 is 9.13 Å². The smallest absolute Gasteiger partial charge is 0.0548 e. The van der Waals surface area contributed by atoms with Crippen LogP contribution < -0.4 is 0 Å². The van der Waals surface area contributed by atoms with Crippen molar-refractivity contribution in [2.45, 2.75) is 12.8 Å². The maximum Gasteiger partial charge on any atom is 0.0548 e. The average molecular weight is 563 g/mol. The third-order valence-corrected chi connectivity index (χ3v) is 9.15. The van der Waals surface area contributed by atoms with E-state index in [9.17, 15) is 0 Å². The van der Waals surface area contributed by atoms with Gasteiger partial charge in [0.1, 0.15) is 0 Å². The van der Waals surface area contributed by atoms with Crippen LogP contribution in [0.1, 0.15) is 18.4 Å². The summed E-state index contributed by atoms with van der Waals surface area (Å²) in [5.41, 5.74) is 12.4. The standard InChI is InChI=1S/C42H30N2/c1-4-14-29(15-5-1)31-24-32(30-16-6-2-7-17-30)26-34(25-31)44-40-23-13-11-21-36(40)38-27-41-37(28-42(38)44)35-20-10-12-22-39(35)43(41)33-18-8-3-9-19-33/h1-6,8-16,18-28H,7,17H2. The Hall–Kier alpha value is -5.60. The zero-order chi connectivity index (χ0) is 29.0. The minimum Gasteiger partial charge on any atom is -0.309 e. The van der Waals surface area contributed by atoms with E-state index in [4.69, 9.17) is 0 Å². The van der Waals surface area contributed by atoms with Gasteiger partial charge in [-0.15, -0.1) is 0 Å². The van der Waals surface area contributed by atoms with Crippen molar-refractivity contribution >= 4 is 49.2 Å². The Bertz CT molecular complexity index is 2420. The van der Waals surface area contributed by atoms with Crippen LogP contribution in [-0.2, 0) is 0 Å². The second kappa shape index (κ2) is 10.00. The van der Waals surface area contributed by atoms with Crippen LogP contribution in [0.15, 0.2) is 158 Å². The van der Waals surface area contributed by atoms with Gasteiger partial charge in [-0.05, 0) is 89.7 Å². The second-order valence-corrected chi connectivity index (χ2v) is 11.7. The van der Waals surface area contributed by atoms with Crippen molar-refractivity contribution in [1.82, 2.24) is 9.13 Å². The molecule has 0 radical (unpaired) electrons. The molecule has 2 nitrogen and oxygen atoms in total. The molecule has 1 aliphatic rings. The van der Waals surface area contributed by atoms with Gasteiger partial charge in [0.25, 0.3) is 0 Å². The molecule has 0 bridgehead atoms. The van der Waals surface area contributed by atoms with Crippen LogP contribution in [0.25, 0.3) is 71.7 Å². The first kappa shape index (κ1) is 24.9. The van der Waals surface area contributed by atoms with Crippen LogP contribution in [0, 0.1) is 0 Å². The van der Waals surface area contributed by atoms with Gasteiger partial charge in [-0.25, -0.2) is 0 Å². The van der Waals surface area contributed by atoms with Crippen LogP contribution in [0.2, 0.25) is 0 Å². The molecule has 2 heteroatoms. The van der Waals surface area contributed by atoms with E-state index in [1.54, 1.807) is 0 Å². The first-order valence-corrected chi connectivity index (χ1v) is 15.4. The van der Waals surface area contributed by atoms with Crippen LogP contribution in [0.3, 0.4) is 0 Å². The van der Waals surface area contributed by atoms with Gasteiger partial charge in [0.2, 0.25) is 0 Å². The van der Waals surface area contributed by atoms with Gasteiger partial charge in [-0.1, -0.05) is 103 Å². The fourth-order valence-corrected chi connectivity index (χ4v) is 7.13. The van der Waals surface area contributed by atoms with Crippen LogP contribution in [0.4, 0.5) is 0 Å². The molecule has 208 valence electrons. The summed E-state index contributed by atoms with van der Waals surface area (Å²) in [6, 6.07) is 51.1. The maximum atomic E-state index is 2.48. The molecule has 0 aliphatic heterocycles. The number of nitrogens with zero attached hydrogens (tertiary/aromatic N) is 2. The lowest BCUT2D eigenvalue weighted by atomic mass is 9.93. The SMILES string of the molecule is C1=CCCC(c2cc(-c3ccccc3)cc(-n3c4ccccc4c4cc5c(cc43)c3ccccc3n5-c3ccccc3)c2)=C1. The van der Waals surface area contributed by atoms with E-state index >= 15 is 0 Å². The fraction of sp³-hybridized carbons (Fsp3) is 0.0476. The van der Waals surface area contributed by atoms with Gasteiger partial charge in [-0.3, -0.25) is 0 Å². The molecule has 0 N–H and O–H groups in total. The van der Waals surface area contributed by atoms with E-state index in [1.165, 1.54) is 77.2 Å². The molecule has 6 aromatic carbocycles. The van der Waals surface area contributed by atoms with Crippen molar-refractivity contribution in [3.63, 3.8) is 0 Å². The predicted octanol–water partition coefficient (Wildman–Crippen LogP) is 11.3. The van der Waals surface area contributed by atoms with Crippen molar-refractivity contribution in [2.75, 3.05) is 0 Å². The van der Waals surface area contributed by atoms with E-state index in [1.807, 2.05) is 0 Å². The van der Waals surface area contributed by atoms with Crippen LogP contribution in [0.5, 0.6) is 0 Å². The fourth-order valence-electron chi connectivity index (χ4n) is 7.13. The molecule has 8 aromatic rings. The molecule has 0 saturated heterocycles. The molecular formula is C42H30N2. The van der Waals surface area contributed by atoms with Crippen molar-refractivity contribution in [2.24, 2.45) is 0 Å². The van der Waals surface area contributed by atoms with Crippen molar-refractivity contribution in [3.05, 3.63) is 163 Å². The van der Waals surface area contributed by atoms with E-state index in [2.05, 4.69) is 167 Å². The van der Waals surface area contributed by atoms with Gasteiger partial charge in [0.15, 0.2) is 0 Å². The molecule has 0 spiro atoms. The Labute approximate surface area is 256 Å². The first-order valence-electron chi connectivity index (χ1n) is 15.4. The number of para-hydroxylation sites is 3. The highest BCUT2D eigenvalue weighted by Gasteiger charge is 2.19. The van der Waals surface area contributed by atoms with E-state index in [0.717, 1.165) is 12.8 Å². The highest BCUT2D eigenvalue weighted by atomic mass is 15.0. The van der Waals surface area contributed by atoms with E-state index in [-0.39, 0.29) is 0 Å². The zero-order valence-electron chi connectivity index (χ0n) is 24.3. The minimum absolute atomic E-state index is 1.06. The summed E-state index contributed by atoms with van der Waals surface area (Å²) >= 11 is 0. The van der Waals surface area contributed by atoms with Gasteiger partial charge in [-0.2, -0.15) is 0 Å². The summed E-state index contributed by atoms with van der Waals surface area (Å²) in [5.74, 6) is 0. The summed E-state index contributed by atoms with van der Waals surface area (Å²) in [6.45, 7) is 0. The summed E-state index contributed by atoms with van der Waals surface area (Å²) in [4.78, 5) is 0. The average Bonchev–Trinajstić information content (AvgIpc) is 3.60. The van der Waals surface area contributed by atoms with Crippen molar-refractivity contribution in [3.8, 4) is 22.5 Å². The van der Waals surface area contributed by atoms with Crippen LogP contribution in [-0.4, -0.2) is 9.13 Å². The zero-order valence-corrected chi connectivity index (χ0v) is 24.3. The predicted molar refractivity (Wildman–Crippen MR) is 187 cm³/mol. The molecule has 44 heavy (non-hydrogen) atoms. The Morgan fingerprint density at radius 2 is 0.977 bits per heavy atom. The number of allylic oxidation sites excluding steroid dienone is 4. The van der Waals surface area contributed by atoms with Crippen molar-refractivity contribution in [1.29, 1.82) is 0 Å². The number of aromatic nitrogens is 2. The summed E-state index contributed by atoms with van der Waals surface area (Å²) < 4.78 is 4.89. The molecule has 0 amide bonds. The number of rotatable bonds is 4. The Kier molecular flexibility index (Phi) is 5.67. The molecule has 9 rings (SSSR count). The summed E-state index contributed by atoms with van der Waals surface area (Å²) in [6.07, 6.45) is 8.88. The van der Waals surface area contributed by atoms with E-state index in [0.29, 0.717) is 0 Å². The van der Waals surface area contributed by atoms with Crippen molar-refractivity contribution < 1.29 is 0 Å². The number of benzene rings is 6. The highest BCUT2D eigenvalue weighted by Crippen LogP contribution is 2.40. The van der Waals surface area contributed by atoms with Gasteiger partial charge >= 0.3 is 0 Å². The quantitative estimate of drug-likeness (QED) is 0.202. The third kappa shape index (κ3) is 3.88. The Morgan fingerprint density at radius 1 is 0.409 bits per heavy atom. The Morgan fingerprint density at radius 3 is 1.61 bits per heavy atom. The largest absolute Gasteiger partial charge is 0.309 e. The molecule has 1 aliphatic carbocycles. The topological polar surface area (TPSA) is 9.86 Å². The number of fused-ring (bicyclic) bond motifs is 6. The summed E-state index contributed by atoms with van der Waals surface area (Å²) in [5, 5.41) is 5.06. The lowest BCUT2D eigenvalue weighted by Gasteiger charge is -2.16. The lowest BCUT2D eigenvalue weighted by molar-refractivity contribution is 1.05. The van der Waals surface area contributed by atoms with E-state index < -0.39 is 0 Å². The molecule has 0 unspecified atom stereocenters. The normalized spacial score (nSPS) is 13.3. The highest BCUT2D eigenvalue weighted by molar-refractivity contribution is 6.19. The van der Waals surface area contributed by atoms with Gasteiger partial charge in [0, 0.05) is 32.9 Å².